The van der Waals surface area contributed by atoms with Gasteiger partial charge in [-0.15, -0.1) is 0 Å². The summed E-state index contributed by atoms with van der Waals surface area (Å²) in [6.45, 7) is 0.735. The van der Waals surface area contributed by atoms with Crippen molar-refractivity contribution in [3.63, 3.8) is 0 Å². The van der Waals surface area contributed by atoms with E-state index in [2.05, 4.69) is 35.0 Å². The first-order chi connectivity index (χ1) is 7.40. The van der Waals surface area contributed by atoms with E-state index in [0.717, 1.165) is 19.0 Å². The van der Waals surface area contributed by atoms with Crippen LogP contribution in [0.25, 0.3) is 10.9 Å². The highest BCUT2D eigenvalue weighted by molar-refractivity contribution is 5.84. The van der Waals surface area contributed by atoms with E-state index in [1.165, 1.54) is 29.3 Å². The minimum Gasteiger partial charge on any atom is -0.344 e. The first kappa shape index (κ1) is 8.98. The van der Waals surface area contributed by atoms with Crippen molar-refractivity contribution in [3.8, 4) is 0 Å². The van der Waals surface area contributed by atoms with Gasteiger partial charge in [0.2, 0.25) is 0 Å². The van der Waals surface area contributed by atoms with Gasteiger partial charge in [0, 0.05) is 23.1 Å². The number of nitrogens with two attached hydrogens (primary N) is 1. The Morgan fingerprint density at radius 3 is 2.80 bits per heavy atom. The predicted octanol–water partition coefficient (Wildman–Crippen LogP) is 2.48. The Morgan fingerprint density at radius 1 is 1.27 bits per heavy atom. The second-order valence-corrected chi connectivity index (χ2v) is 4.35. The molecule has 1 aromatic heterocycles. The summed E-state index contributed by atoms with van der Waals surface area (Å²) >= 11 is 0. The average molecular weight is 200 g/mol. The number of fused-ring (bicyclic) bond motifs is 1. The molecule has 0 aliphatic heterocycles. The number of hydrogen-bond acceptors (Lipinski definition) is 1. The summed E-state index contributed by atoms with van der Waals surface area (Å²) in [6, 6.07) is 9.40. The van der Waals surface area contributed by atoms with Gasteiger partial charge in [0.25, 0.3) is 0 Å². The van der Waals surface area contributed by atoms with Gasteiger partial charge < -0.3 is 10.3 Å². The lowest BCUT2D eigenvalue weighted by Crippen LogP contribution is -2.02. The third-order valence-electron chi connectivity index (χ3n) is 3.18. The molecule has 2 heteroatoms. The summed E-state index contributed by atoms with van der Waals surface area (Å²) in [4.78, 5) is 0. The van der Waals surface area contributed by atoms with Gasteiger partial charge in [-0.2, -0.15) is 0 Å². The van der Waals surface area contributed by atoms with Gasteiger partial charge in [-0.05, 0) is 37.4 Å². The molecule has 0 radical (unpaired) electrons. The molecule has 78 valence electrons. The van der Waals surface area contributed by atoms with E-state index < -0.39 is 0 Å². The summed E-state index contributed by atoms with van der Waals surface area (Å²) < 4.78 is 2.43. The van der Waals surface area contributed by atoms with Crippen LogP contribution in [0.3, 0.4) is 0 Å². The number of aromatic nitrogens is 1. The van der Waals surface area contributed by atoms with E-state index in [4.69, 9.17) is 5.73 Å². The van der Waals surface area contributed by atoms with Crippen molar-refractivity contribution in [2.75, 3.05) is 6.54 Å². The van der Waals surface area contributed by atoms with E-state index in [0.29, 0.717) is 0 Å². The molecule has 1 aliphatic rings. The Labute approximate surface area is 89.7 Å². The second-order valence-electron chi connectivity index (χ2n) is 4.35. The maximum Gasteiger partial charge on any atom is 0.0485 e. The van der Waals surface area contributed by atoms with E-state index in [9.17, 15) is 0 Å². The lowest BCUT2D eigenvalue weighted by molar-refractivity contribution is 0.770. The fourth-order valence-electron chi connectivity index (χ4n) is 2.29. The Bertz CT molecular complexity index is 480. The van der Waals surface area contributed by atoms with Crippen LogP contribution in [-0.2, 0) is 6.42 Å². The smallest absolute Gasteiger partial charge is 0.0485 e. The molecule has 2 N–H and O–H groups in total. The average Bonchev–Trinajstić information content (AvgIpc) is 3.04. The largest absolute Gasteiger partial charge is 0.344 e. The molecule has 1 aliphatic carbocycles. The van der Waals surface area contributed by atoms with E-state index in [1.54, 1.807) is 0 Å². The van der Waals surface area contributed by atoms with Crippen molar-refractivity contribution in [3.05, 3.63) is 36.0 Å². The molecule has 1 fully saturated rings. The van der Waals surface area contributed by atoms with Crippen LogP contribution >= 0.6 is 0 Å². The number of benzene rings is 1. The summed E-state index contributed by atoms with van der Waals surface area (Å²) in [5, 5.41) is 1.38. The highest BCUT2D eigenvalue weighted by atomic mass is 15.0. The normalized spacial score (nSPS) is 16.1. The summed E-state index contributed by atoms with van der Waals surface area (Å²) in [7, 11) is 0. The molecule has 2 aromatic rings. The Morgan fingerprint density at radius 2 is 2.07 bits per heavy atom. The van der Waals surface area contributed by atoms with Crippen molar-refractivity contribution in [2.24, 2.45) is 5.73 Å². The maximum atomic E-state index is 5.64. The zero-order chi connectivity index (χ0) is 10.3. The first-order valence-electron chi connectivity index (χ1n) is 5.68. The van der Waals surface area contributed by atoms with E-state index in [1.807, 2.05) is 0 Å². The fourth-order valence-corrected chi connectivity index (χ4v) is 2.29. The Kier molecular flexibility index (Phi) is 2.03. The minimum atomic E-state index is 0.735. The van der Waals surface area contributed by atoms with Crippen LogP contribution in [0, 0.1) is 0 Å². The standard InChI is InChI=1S/C13H16N2/c14-8-7-10-9-15(11-5-6-11)13-4-2-1-3-12(10)13/h1-4,9,11H,5-8,14H2. The summed E-state index contributed by atoms with van der Waals surface area (Å²) in [5.41, 5.74) is 8.42. The molecule has 1 heterocycles. The number of hydrogen-bond donors (Lipinski definition) is 1. The summed E-state index contributed by atoms with van der Waals surface area (Å²) in [5.74, 6) is 0. The van der Waals surface area contributed by atoms with Crippen molar-refractivity contribution in [1.82, 2.24) is 4.57 Å². The highest BCUT2D eigenvalue weighted by Crippen LogP contribution is 2.38. The third kappa shape index (κ3) is 1.45. The van der Waals surface area contributed by atoms with Crippen LogP contribution in [0.15, 0.2) is 30.5 Å². The lowest BCUT2D eigenvalue weighted by Gasteiger charge is -2.00. The molecule has 1 saturated carbocycles. The Hall–Kier alpha value is -1.28. The van der Waals surface area contributed by atoms with Crippen molar-refractivity contribution in [1.29, 1.82) is 0 Å². The highest BCUT2D eigenvalue weighted by Gasteiger charge is 2.25. The van der Waals surface area contributed by atoms with Crippen LogP contribution in [0.2, 0.25) is 0 Å². The third-order valence-corrected chi connectivity index (χ3v) is 3.18. The summed E-state index contributed by atoms with van der Waals surface area (Å²) in [6.07, 6.45) is 5.96. The van der Waals surface area contributed by atoms with Gasteiger partial charge in [-0.3, -0.25) is 0 Å². The van der Waals surface area contributed by atoms with Crippen LogP contribution in [0.1, 0.15) is 24.4 Å². The predicted molar refractivity (Wildman–Crippen MR) is 63.0 cm³/mol. The van der Waals surface area contributed by atoms with E-state index in [-0.39, 0.29) is 0 Å². The second kappa shape index (κ2) is 3.38. The molecular formula is C13H16N2. The SMILES string of the molecule is NCCc1cn(C2CC2)c2ccccc12. The van der Waals surface area contributed by atoms with Gasteiger partial charge in [-0.25, -0.2) is 0 Å². The maximum absolute atomic E-state index is 5.64. The van der Waals surface area contributed by atoms with Crippen molar-refractivity contribution in [2.45, 2.75) is 25.3 Å². The zero-order valence-corrected chi connectivity index (χ0v) is 8.82. The molecular weight excluding hydrogens is 184 g/mol. The first-order valence-corrected chi connectivity index (χ1v) is 5.68. The fraction of sp³-hybridized carbons (Fsp3) is 0.385. The van der Waals surface area contributed by atoms with Gasteiger partial charge in [0.05, 0.1) is 0 Å². The molecule has 3 rings (SSSR count). The molecule has 0 spiro atoms. The van der Waals surface area contributed by atoms with Crippen LogP contribution in [0.5, 0.6) is 0 Å². The number of rotatable bonds is 3. The van der Waals surface area contributed by atoms with Crippen molar-refractivity contribution < 1.29 is 0 Å². The topological polar surface area (TPSA) is 30.9 Å². The molecule has 15 heavy (non-hydrogen) atoms. The molecule has 1 aromatic carbocycles. The Balaban J connectivity index is 2.18. The zero-order valence-electron chi connectivity index (χ0n) is 8.82. The lowest BCUT2D eigenvalue weighted by atomic mass is 10.1. The number of para-hydroxylation sites is 1. The van der Waals surface area contributed by atoms with Gasteiger partial charge >= 0.3 is 0 Å². The molecule has 0 bridgehead atoms. The molecule has 2 nitrogen and oxygen atoms in total. The van der Waals surface area contributed by atoms with Crippen LogP contribution in [-0.4, -0.2) is 11.1 Å². The van der Waals surface area contributed by atoms with Gasteiger partial charge in [0.1, 0.15) is 0 Å². The van der Waals surface area contributed by atoms with Gasteiger partial charge in [0.15, 0.2) is 0 Å². The van der Waals surface area contributed by atoms with E-state index >= 15 is 0 Å². The van der Waals surface area contributed by atoms with Crippen molar-refractivity contribution >= 4 is 10.9 Å². The minimum absolute atomic E-state index is 0.735. The monoisotopic (exact) mass is 200 g/mol. The molecule has 0 unspecified atom stereocenters. The molecule has 0 atom stereocenters. The van der Waals surface area contributed by atoms with Crippen LogP contribution in [0.4, 0.5) is 0 Å². The number of nitrogens with zero attached hydrogens (tertiary/aromatic N) is 1. The van der Waals surface area contributed by atoms with Gasteiger partial charge in [-0.1, -0.05) is 18.2 Å². The van der Waals surface area contributed by atoms with Crippen LogP contribution < -0.4 is 5.73 Å². The quantitative estimate of drug-likeness (QED) is 0.810. The molecule has 0 amide bonds. The molecule has 0 saturated heterocycles.